The number of nitrogens with zero attached hydrogens (tertiary/aromatic N) is 3. The molecular formula is C20H24N4O. The molecule has 2 fully saturated rings. The van der Waals surface area contributed by atoms with E-state index in [1.807, 2.05) is 36.4 Å². The molecule has 25 heavy (non-hydrogen) atoms. The number of aromatic nitrogens is 2. The van der Waals surface area contributed by atoms with Gasteiger partial charge in [0.2, 0.25) is 5.91 Å². The van der Waals surface area contributed by atoms with E-state index in [9.17, 15) is 4.79 Å². The van der Waals surface area contributed by atoms with Crippen LogP contribution in [0.25, 0.3) is 11.4 Å². The van der Waals surface area contributed by atoms with E-state index >= 15 is 0 Å². The van der Waals surface area contributed by atoms with Crippen LogP contribution in [0.4, 0.5) is 5.82 Å². The van der Waals surface area contributed by atoms with Crippen molar-refractivity contribution in [1.82, 2.24) is 15.3 Å². The van der Waals surface area contributed by atoms with Crippen LogP contribution in [0, 0.1) is 11.8 Å². The van der Waals surface area contributed by atoms with E-state index in [1.165, 1.54) is 12.8 Å². The molecule has 2 heterocycles. The minimum absolute atomic E-state index is 0.0580. The van der Waals surface area contributed by atoms with Crippen molar-refractivity contribution in [3.05, 3.63) is 42.6 Å². The zero-order valence-electron chi connectivity index (χ0n) is 14.4. The summed E-state index contributed by atoms with van der Waals surface area (Å²) in [4.78, 5) is 23.8. The first kappa shape index (κ1) is 16.1. The van der Waals surface area contributed by atoms with Crippen LogP contribution in [0.15, 0.2) is 42.6 Å². The molecule has 1 aliphatic heterocycles. The lowest BCUT2D eigenvalue weighted by atomic mass is 9.97. The predicted molar refractivity (Wildman–Crippen MR) is 98.1 cm³/mol. The van der Waals surface area contributed by atoms with Crippen LogP contribution >= 0.6 is 0 Å². The van der Waals surface area contributed by atoms with Crippen LogP contribution in [0.5, 0.6) is 0 Å². The zero-order chi connectivity index (χ0) is 17.1. The van der Waals surface area contributed by atoms with E-state index < -0.39 is 0 Å². The maximum Gasteiger partial charge on any atom is 0.224 e. The van der Waals surface area contributed by atoms with Crippen molar-refractivity contribution in [3.8, 4) is 11.4 Å². The molecule has 2 aromatic rings. The van der Waals surface area contributed by atoms with Crippen molar-refractivity contribution in [2.75, 3.05) is 24.5 Å². The van der Waals surface area contributed by atoms with Crippen molar-refractivity contribution in [2.45, 2.75) is 25.7 Å². The molecular weight excluding hydrogens is 312 g/mol. The number of rotatable bonds is 5. The Kier molecular flexibility index (Phi) is 4.63. The highest BCUT2D eigenvalue weighted by Gasteiger charge is 2.28. The summed E-state index contributed by atoms with van der Waals surface area (Å²) in [5, 5.41) is 3.13. The van der Waals surface area contributed by atoms with Crippen molar-refractivity contribution >= 4 is 11.7 Å². The third-order valence-electron chi connectivity index (χ3n) is 5.05. The normalized spacial score (nSPS) is 20.3. The summed E-state index contributed by atoms with van der Waals surface area (Å²) in [5.41, 5.74) is 1.01. The highest BCUT2D eigenvalue weighted by molar-refractivity contribution is 5.79. The van der Waals surface area contributed by atoms with Crippen LogP contribution in [0.2, 0.25) is 0 Å². The second-order valence-electron chi connectivity index (χ2n) is 7.08. The number of nitrogens with one attached hydrogen (secondary N) is 1. The number of carbonyl (C=O) groups is 1. The fourth-order valence-corrected chi connectivity index (χ4v) is 3.36. The fraction of sp³-hybridized carbons (Fsp3) is 0.450. The van der Waals surface area contributed by atoms with Crippen LogP contribution in [0.1, 0.15) is 25.7 Å². The first-order valence-electron chi connectivity index (χ1n) is 9.21. The highest BCUT2D eigenvalue weighted by Crippen LogP contribution is 2.28. The summed E-state index contributed by atoms with van der Waals surface area (Å²) in [6, 6.07) is 12.0. The van der Waals surface area contributed by atoms with Gasteiger partial charge < -0.3 is 10.2 Å². The molecule has 0 spiro atoms. The molecule has 4 rings (SSSR count). The SMILES string of the molecule is O=C(NCC1CC1)C1CCCN(c2ccnc(-c3ccccc3)n2)C1. The van der Waals surface area contributed by atoms with Gasteiger partial charge in [0.1, 0.15) is 5.82 Å². The number of hydrogen-bond donors (Lipinski definition) is 1. The van der Waals surface area contributed by atoms with Crippen molar-refractivity contribution in [2.24, 2.45) is 11.8 Å². The molecule has 1 saturated carbocycles. The average Bonchev–Trinajstić information content (AvgIpc) is 3.51. The third-order valence-corrected chi connectivity index (χ3v) is 5.05. The summed E-state index contributed by atoms with van der Waals surface area (Å²) in [6.07, 6.45) is 6.32. The molecule has 5 heteroatoms. The Morgan fingerprint density at radius 2 is 2.00 bits per heavy atom. The lowest BCUT2D eigenvalue weighted by Crippen LogP contribution is -2.43. The Bertz CT molecular complexity index is 729. The average molecular weight is 336 g/mol. The summed E-state index contributed by atoms with van der Waals surface area (Å²) in [7, 11) is 0. The van der Waals surface area contributed by atoms with Gasteiger partial charge in [0.25, 0.3) is 0 Å². The Morgan fingerprint density at radius 3 is 2.80 bits per heavy atom. The quantitative estimate of drug-likeness (QED) is 0.912. The van der Waals surface area contributed by atoms with Crippen molar-refractivity contribution < 1.29 is 4.79 Å². The molecule has 5 nitrogen and oxygen atoms in total. The van der Waals surface area contributed by atoms with Crippen LogP contribution in [-0.4, -0.2) is 35.5 Å². The van der Waals surface area contributed by atoms with Crippen molar-refractivity contribution in [1.29, 1.82) is 0 Å². The van der Waals surface area contributed by atoms with E-state index in [-0.39, 0.29) is 11.8 Å². The van der Waals surface area contributed by atoms with Gasteiger partial charge in [-0.05, 0) is 37.7 Å². The summed E-state index contributed by atoms with van der Waals surface area (Å²) in [5.74, 6) is 2.63. The van der Waals surface area contributed by atoms with E-state index in [1.54, 1.807) is 6.20 Å². The van der Waals surface area contributed by atoms with Gasteiger partial charge in [0.05, 0.1) is 5.92 Å². The van der Waals surface area contributed by atoms with E-state index in [0.717, 1.165) is 55.6 Å². The number of benzene rings is 1. The number of carbonyl (C=O) groups excluding carboxylic acids is 1. The lowest BCUT2D eigenvalue weighted by Gasteiger charge is -2.33. The van der Waals surface area contributed by atoms with Gasteiger partial charge in [-0.15, -0.1) is 0 Å². The number of amides is 1. The van der Waals surface area contributed by atoms with Gasteiger partial charge in [-0.3, -0.25) is 4.79 Å². The maximum absolute atomic E-state index is 12.4. The molecule has 1 unspecified atom stereocenters. The Hall–Kier alpha value is -2.43. The monoisotopic (exact) mass is 336 g/mol. The summed E-state index contributed by atoms with van der Waals surface area (Å²) >= 11 is 0. The van der Waals surface area contributed by atoms with Gasteiger partial charge >= 0.3 is 0 Å². The molecule has 1 atom stereocenters. The van der Waals surface area contributed by atoms with Gasteiger partial charge in [0, 0.05) is 31.4 Å². The predicted octanol–water partition coefficient (Wildman–Crippen LogP) is 2.89. The molecule has 2 aliphatic rings. The zero-order valence-corrected chi connectivity index (χ0v) is 14.4. The first-order valence-corrected chi connectivity index (χ1v) is 9.21. The fourth-order valence-electron chi connectivity index (χ4n) is 3.36. The second kappa shape index (κ2) is 7.21. The molecule has 1 aromatic carbocycles. The lowest BCUT2D eigenvalue weighted by molar-refractivity contribution is -0.125. The largest absolute Gasteiger partial charge is 0.356 e. The topological polar surface area (TPSA) is 58.1 Å². The van der Waals surface area contributed by atoms with E-state index in [2.05, 4.69) is 15.2 Å². The molecule has 1 saturated heterocycles. The van der Waals surface area contributed by atoms with Crippen molar-refractivity contribution in [3.63, 3.8) is 0 Å². The molecule has 130 valence electrons. The van der Waals surface area contributed by atoms with E-state index in [4.69, 9.17) is 4.98 Å². The maximum atomic E-state index is 12.4. The Morgan fingerprint density at radius 1 is 1.16 bits per heavy atom. The number of anilines is 1. The Balaban J connectivity index is 1.44. The van der Waals surface area contributed by atoms with Crippen LogP contribution < -0.4 is 10.2 Å². The standard InChI is InChI=1S/C20H24N4O/c25-20(22-13-15-8-9-15)17-7-4-12-24(14-17)18-10-11-21-19(23-18)16-5-2-1-3-6-16/h1-3,5-6,10-11,15,17H,4,7-9,12-14H2,(H,22,25). The molecule has 1 aromatic heterocycles. The smallest absolute Gasteiger partial charge is 0.224 e. The van der Waals surface area contributed by atoms with Gasteiger partial charge in [-0.2, -0.15) is 0 Å². The number of hydrogen-bond acceptors (Lipinski definition) is 4. The molecule has 0 radical (unpaired) electrons. The summed E-state index contributed by atoms with van der Waals surface area (Å²) in [6.45, 7) is 2.53. The van der Waals surface area contributed by atoms with Gasteiger partial charge in [-0.25, -0.2) is 9.97 Å². The molecule has 1 aliphatic carbocycles. The van der Waals surface area contributed by atoms with Gasteiger partial charge in [0.15, 0.2) is 5.82 Å². The Labute approximate surface area is 148 Å². The van der Waals surface area contributed by atoms with Crippen LogP contribution in [-0.2, 0) is 4.79 Å². The minimum atomic E-state index is 0.0580. The first-order chi connectivity index (χ1) is 12.3. The molecule has 1 amide bonds. The molecule has 0 bridgehead atoms. The highest BCUT2D eigenvalue weighted by atomic mass is 16.1. The van der Waals surface area contributed by atoms with Crippen LogP contribution in [0.3, 0.4) is 0 Å². The summed E-state index contributed by atoms with van der Waals surface area (Å²) < 4.78 is 0. The second-order valence-corrected chi connectivity index (χ2v) is 7.08. The molecule has 1 N–H and O–H groups in total. The number of piperidine rings is 1. The van der Waals surface area contributed by atoms with E-state index in [0.29, 0.717) is 0 Å². The third kappa shape index (κ3) is 3.98. The minimum Gasteiger partial charge on any atom is -0.356 e. The van der Waals surface area contributed by atoms with Gasteiger partial charge in [-0.1, -0.05) is 30.3 Å².